The maximum absolute atomic E-state index is 12.9. The molecule has 0 N–H and O–H groups in total. The van der Waals surface area contributed by atoms with E-state index in [4.69, 9.17) is 9.15 Å². The van der Waals surface area contributed by atoms with Gasteiger partial charge in [-0.15, -0.1) is 0 Å². The van der Waals surface area contributed by atoms with Crippen molar-refractivity contribution in [1.82, 2.24) is 0 Å². The van der Waals surface area contributed by atoms with Gasteiger partial charge in [0.2, 0.25) is 0 Å². The molecule has 5 rings (SSSR count). The molecule has 8 unspecified atom stereocenters. The number of allylic oxidation sites excluding steroid dienone is 1. The Bertz CT molecular complexity index is 1160. The molecule has 0 aliphatic heterocycles. The third-order valence-corrected chi connectivity index (χ3v) is 14.4. The summed E-state index contributed by atoms with van der Waals surface area (Å²) in [4.78, 5) is 12.9. The second-order valence-electron chi connectivity index (χ2n) is 18.1. The van der Waals surface area contributed by atoms with Crippen molar-refractivity contribution in [3.05, 3.63) is 35.3 Å². The third kappa shape index (κ3) is 9.23. The van der Waals surface area contributed by atoms with Gasteiger partial charge in [-0.3, -0.25) is 4.79 Å². The molecule has 0 aromatic carbocycles. The van der Waals surface area contributed by atoms with Crippen LogP contribution in [0.4, 0.5) is 0 Å². The van der Waals surface area contributed by atoms with Crippen molar-refractivity contribution in [2.75, 3.05) is 0 Å². The molecule has 1 aromatic heterocycles. The zero-order chi connectivity index (χ0) is 34.1. The molecule has 3 nitrogen and oxygen atoms in total. The molecule has 0 bridgehead atoms. The molecule has 1 heterocycles. The molecule has 3 saturated carbocycles. The van der Waals surface area contributed by atoms with Crippen LogP contribution in [0.25, 0.3) is 0 Å². The van der Waals surface area contributed by atoms with E-state index in [1.54, 1.807) is 5.57 Å². The van der Waals surface area contributed by atoms with Crippen molar-refractivity contribution in [3.63, 3.8) is 0 Å². The zero-order valence-corrected chi connectivity index (χ0v) is 32.3. The van der Waals surface area contributed by atoms with E-state index < -0.39 is 0 Å². The Morgan fingerprint density at radius 1 is 0.833 bits per heavy atom. The first-order chi connectivity index (χ1) is 23.1. The molecule has 8 atom stereocenters. The number of furan rings is 1. The summed E-state index contributed by atoms with van der Waals surface area (Å²) in [6.45, 7) is 14.9. The SMILES string of the molecule is CCCCCCCc1ccc(CCCCCCC(=O)OC2CCC3(C)C(=CCC4C3CCC3(C)C(C(C)CCCC(C)C)CCC43)C2)o1. The first-order valence-electron chi connectivity index (χ1n) is 21.1. The largest absolute Gasteiger partial charge is 0.466 e. The molecule has 0 radical (unpaired) electrons. The van der Waals surface area contributed by atoms with Gasteiger partial charge in [-0.2, -0.15) is 0 Å². The Balaban J connectivity index is 1.00. The summed E-state index contributed by atoms with van der Waals surface area (Å²) in [6.07, 6.45) is 30.7. The van der Waals surface area contributed by atoms with Gasteiger partial charge in [0.1, 0.15) is 17.6 Å². The van der Waals surface area contributed by atoms with Gasteiger partial charge >= 0.3 is 5.97 Å². The highest BCUT2D eigenvalue weighted by Crippen LogP contribution is 2.67. The highest BCUT2D eigenvalue weighted by molar-refractivity contribution is 5.69. The number of rotatable bonds is 19. The highest BCUT2D eigenvalue weighted by Gasteiger charge is 2.59. The Kier molecular flexibility index (Phi) is 13.9. The van der Waals surface area contributed by atoms with Crippen LogP contribution in [0.15, 0.2) is 28.2 Å². The van der Waals surface area contributed by atoms with Crippen LogP contribution in [-0.4, -0.2) is 12.1 Å². The van der Waals surface area contributed by atoms with E-state index in [0.29, 0.717) is 17.3 Å². The van der Waals surface area contributed by atoms with Crippen LogP contribution in [0.2, 0.25) is 0 Å². The summed E-state index contributed by atoms with van der Waals surface area (Å²) in [5.74, 6) is 7.52. The molecule has 4 aliphatic carbocycles. The van der Waals surface area contributed by atoms with Crippen molar-refractivity contribution < 1.29 is 13.9 Å². The Morgan fingerprint density at radius 3 is 2.25 bits per heavy atom. The molecule has 1 aromatic rings. The monoisotopic (exact) mass is 663 g/mol. The maximum Gasteiger partial charge on any atom is 0.306 e. The van der Waals surface area contributed by atoms with Gasteiger partial charge in [-0.1, -0.05) is 111 Å². The number of hydrogen-bond donors (Lipinski definition) is 0. The number of carbonyl (C=O) groups is 1. The van der Waals surface area contributed by atoms with E-state index in [-0.39, 0.29) is 12.1 Å². The standard InChI is InChI=1S/C45H74O3/c1-7-8-9-10-13-19-36-23-24-37(47-36)20-14-11-12-15-21-43(46)48-38-28-30-44(5)35(32-38)22-25-39-41-27-26-40(34(4)18-16-17-33(2)3)45(41,6)31-29-42(39)44/h22-24,33-34,38-42H,7-21,25-32H2,1-6H3. The van der Waals surface area contributed by atoms with Crippen molar-refractivity contribution >= 4 is 5.97 Å². The minimum absolute atomic E-state index is 0.0282. The lowest BCUT2D eigenvalue weighted by molar-refractivity contribution is -0.151. The van der Waals surface area contributed by atoms with Crippen molar-refractivity contribution in [3.8, 4) is 0 Å². The number of aryl methyl sites for hydroxylation is 2. The zero-order valence-electron chi connectivity index (χ0n) is 32.3. The third-order valence-electron chi connectivity index (χ3n) is 14.4. The van der Waals surface area contributed by atoms with Crippen LogP contribution in [0.1, 0.15) is 188 Å². The van der Waals surface area contributed by atoms with Gasteiger partial charge in [0.15, 0.2) is 0 Å². The summed E-state index contributed by atoms with van der Waals surface area (Å²) >= 11 is 0. The molecule has 272 valence electrons. The molecular formula is C45H74O3. The molecule has 48 heavy (non-hydrogen) atoms. The first kappa shape index (κ1) is 37.7. The van der Waals surface area contributed by atoms with E-state index in [9.17, 15) is 4.79 Å². The fourth-order valence-electron chi connectivity index (χ4n) is 11.5. The van der Waals surface area contributed by atoms with Crippen molar-refractivity contribution in [1.29, 1.82) is 0 Å². The Hall–Kier alpha value is -1.51. The van der Waals surface area contributed by atoms with E-state index in [0.717, 1.165) is 98.4 Å². The summed E-state index contributed by atoms with van der Waals surface area (Å²) in [5.41, 5.74) is 2.49. The van der Waals surface area contributed by atoms with E-state index >= 15 is 0 Å². The van der Waals surface area contributed by atoms with E-state index in [2.05, 4.69) is 59.8 Å². The minimum atomic E-state index is 0.0282. The number of ether oxygens (including phenoxy) is 1. The van der Waals surface area contributed by atoms with Crippen molar-refractivity contribution in [2.24, 2.45) is 46.3 Å². The molecule has 3 heteroatoms. The lowest BCUT2D eigenvalue weighted by atomic mass is 9.47. The van der Waals surface area contributed by atoms with Gasteiger partial charge in [0, 0.05) is 25.7 Å². The van der Waals surface area contributed by atoms with Crippen LogP contribution in [0.5, 0.6) is 0 Å². The molecular weight excluding hydrogens is 588 g/mol. The molecule has 3 fully saturated rings. The van der Waals surface area contributed by atoms with Crippen LogP contribution in [0.3, 0.4) is 0 Å². The molecule has 0 amide bonds. The van der Waals surface area contributed by atoms with Crippen molar-refractivity contribution in [2.45, 2.75) is 195 Å². The predicted molar refractivity (Wildman–Crippen MR) is 201 cm³/mol. The maximum atomic E-state index is 12.9. The number of fused-ring (bicyclic) bond motifs is 5. The van der Waals surface area contributed by atoms with Gasteiger partial charge < -0.3 is 9.15 Å². The van der Waals surface area contributed by atoms with Crippen LogP contribution in [-0.2, 0) is 22.4 Å². The summed E-state index contributed by atoms with van der Waals surface area (Å²) in [5, 5.41) is 0. The molecule has 0 spiro atoms. The first-order valence-corrected chi connectivity index (χ1v) is 21.1. The smallest absolute Gasteiger partial charge is 0.306 e. The van der Waals surface area contributed by atoms with Gasteiger partial charge in [0.05, 0.1) is 0 Å². The highest BCUT2D eigenvalue weighted by atomic mass is 16.5. The van der Waals surface area contributed by atoms with E-state index in [1.807, 2.05) is 0 Å². The number of hydrogen-bond acceptors (Lipinski definition) is 3. The summed E-state index contributed by atoms with van der Waals surface area (Å²) in [7, 11) is 0. The number of unbranched alkanes of at least 4 members (excludes halogenated alkanes) is 7. The molecule has 0 saturated heterocycles. The number of carbonyl (C=O) groups excluding carboxylic acids is 1. The lowest BCUT2D eigenvalue weighted by Gasteiger charge is -2.58. The van der Waals surface area contributed by atoms with Crippen LogP contribution >= 0.6 is 0 Å². The fraction of sp³-hybridized carbons (Fsp3) is 0.844. The lowest BCUT2D eigenvalue weighted by Crippen LogP contribution is -2.51. The molecule has 4 aliphatic rings. The summed E-state index contributed by atoms with van der Waals surface area (Å²) in [6, 6.07) is 4.34. The second kappa shape index (κ2) is 17.6. The topological polar surface area (TPSA) is 39.4 Å². The summed E-state index contributed by atoms with van der Waals surface area (Å²) < 4.78 is 12.2. The minimum Gasteiger partial charge on any atom is -0.466 e. The second-order valence-corrected chi connectivity index (χ2v) is 18.1. The average Bonchev–Trinajstić information content (AvgIpc) is 3.66. The van der Waals surface area contributed by atoms with Gasteiger partial charge in [-0.25, -0.2) is 0 Å². The number of esters is 1. The van der Waals surface area contributed by atoms with Gasteiger partial charge in [0.25, 0.3) is 0 Å². The van der Waals surface area contributed by atoms with Crippen LogP contribution < -0.4 is 0 Å². The quantitative estimate of drug-likeness (QED) is 0.0840. The fourth-order valence-corrected chi connectivity index (χ4v) is 11.5. The Morgan fingerprint density at radius 2 is 1.54 bits per heavy atom. The van der Waals surface area contributed by atoms with E-state index in [1.165, 1.54) is 89.9 Å². The normalized spacial score (nSPS) is 32.0. The average molecular weight is 663 g/mol. The predicted octanol–water partition coefficient (Wildman–Crippen LogP) is 13.2. The van der Waals surface area contributed by atoms with Gasteiger partial charge in [-0.05, 0) is 123 Å². The van der Waals surface area contributed by atoms with Crippen LogP contribution in [0, 0.1) is 46.3 Å². The Labute approximate surface area is 296 Å².